The zero-order chi connectivity index (χ0) is 13.0. The van der Waals surface area contributed by atoms with E-state index in [1.54, 1.807) is 0 Å². The van der Waals surface area contributed by atoms with Gasteiger partial charge in [0.2, 0.25) is 6.71 Å². The Morgan fingerprint density at radius 1 is 0.944 bits per heavy atom. The van der Waals surface area contributed by atoms with Crippen LogP contribution in [0.2, 0.25) is 5.82 Å². The normalized spacial score (nSPS) is 10.7. The molecule has 2 aromatic rings. The molecule has 0 aliphatic rings. The molecule has 0 N–H and O–H groups in total. The summed E-state index contributed by atoms with van der Waals surface area (Å²) in [6, 6.07) is 19.5. The van der Waals surface area contributed by atoms with Gasteiger partial charge in [0.15, 0.2) is 0 Å². The second kappa shape index (κ2) is 6.24. The van der Waals surface area contributed by atoms with Crippen LogP contribution < -0.4 is 10.9 Å². The molecule has 0 atom stereocenters. The fourth-order valence-electron chi connectivity index (χ4n) is 2.54. The van der Waals surface area contributed by atoms with Crippen LogP contribution in [0.3, 0.4) is 0 Å². The minimum Gasteiger partial charge on any atom is -0.0877 e. The number of rotatable bonds is 4. The maximum atomic E-state index is 3.60. The molecule has 2 heteroatoms. The van der Waals surface area contributed by atoms with Crippen molar-refractivity contribution in [1.29, 1.82) is 0 Å². The second-order valence-corrected chi connectivity index (χ2v) is 5.53. The molecule has 0 amide bonds. The van der Waals surface area contributed by atoms with Gasteiger partial charge in [-0.2, -0.15) is 0 Å². The molecule has 2 rings (SSSR count). The highest BCUT2D eigenvalue weighted by atomic mass is 79.9. The molecule has 0 fully saturated rings. The highest BCUT2D eigenvalue weighted by molar-refractivity contribution is 9.08. The maximum Gasteiger partial charge on any atom is 0.212 e. The lowest BCUT2D eigenvalue weighted by Crippen LogP contribution is -2.46. The van der Waals surface area contributed by atoms with Crippen molar-refractivity contribution >= 4 is 33.6 Å². The summed E-state index contributed by atoms with van der Waals surface area (Å²) < 4.78 is 0. The fraction of sp³-hybridized carbons (Fsp3) is 0.250. The largest absolute Gasteiger partial charge is 0.212 e. The summed E-state index contributed by atoms with van der Waals surface area (Å²) in [7, 11) is 0. The van der Waals surface area contributed by atoms with E-state index in [0.717, 1.165) is 5.33 Å². The zero-order valence-electron chi connectivity index (χ0n) is 10.9. The lowest BCUT2D eigenvalue weighted by molar-refractivity contribution is 1.05. The molecular weight excluding hydrogens is 283 g/mol. The van der Waals surface area contributed by atoms with E-state index in [2.05, 4.69) is 84.4 Å². The van der Waals surface area contributed by atoms with Gasteiger partial charge in [-0.15, -0.1) is 0 Å². The lowest BCUT2D eigenvalue weighted by atomic mass is 9.34. The third-order valence-electron chi connectivity index (χ3n) is 3.36. The summed E-state index contributed by atoms with van der Waals surface area (Å²) in [6.07, 6.45) is 0. The molecule has 2 aromatic carbocycles. The van der Waals surface area contributed by atoms with Crippen molar-refractivity contribution in [3.05, 3.63) is 60.2 Å². The molecular formula is C16H18BBr. The standard InChI is InChI=1S/C16H18BBr/c1-13(2)17(15-9-4-3-5-10-15)16-11-7-6-8-14(16)12-18/h3-11,13H,12H2,1-2H3. The van der Waals surface area contributed by atoms with Crippen molar-refractivity contribution in [2.75, 3.05) is 0 Å². The highest BCUT2D eigenvalue weighted by Gasteiger charge is 2.24. The topological polar surface area (TPSA) is 0 Å². The Morgan fingerprint density at radius 2 is 1.56 bits per heavy atom. The van der Waals surface area contributed by atoms with E-state index in [-0.39, 0.29) is 0 Å². The van der Waals surface area contributed by atoms with E-state index in [1.807, 2.05) is 0 Å². The van der Waals surface area contributed by atoms with Crippen molar-refractivity contribution in [2.24, 2.45) is 0 Å². The second-order valence-electron chi connectivity index (χ2n) is 4.96. The van der Waals surface area contributed by atoms with Gasteiger partial charge in [-0.3, -0.25) is 0 Å². The van der Waals surface area contributed by atoms with Gasteiger partial charge in [-0.05, 0) is 5.56 Å². The first-order chi connectivity index (χ1) is 8.74. The molecule has 0 radical (unpaired) electrons. The Balaban J connectivity index is 2.49. The van der Waals surface area contributed by atoms with E-state index >= 15 is 0 Å². The van der Waals surface area contributed by atoms with Crippen LogP contribution in [-0.4, -0.2) is 6.71 Å². The molecule has 18 heavy (non-hydrogen) atoms. The van der Waals surface area contributed by atoms with Gasteiger partial charge < -0.3 is 0 Å². The van der Waals surface area contributed by atoms with Gasteiger partial charge in [-0.1, -0.05) is 101 Å². The summed E-state index contributed by atoms with van der Waals surface area (Å²) in [4.78, 5) is 0. The Morgan fingerprint density at radius 3 is 2.17 bits per heavy atom. The summed E-state index contributed by atoms with van der Waals surface area (Å²) in [5.74, 6) is 0.590. The van der Waals surface area contributed by atoms with Crippen LogP contribution in [0.5, 0.6) is 0 Å². The SMILES string of the molecule is CC(C)B(c1ccccc1)c1ccccc1CBr. The molecule has 0 aliphatic heterocycles. The summed E-state index contributed by atoms with van der Waals surface area (Å²) in [6.45, 7) is 5.06. The summed E-state index contributed by atoms with van der Waals surface area (Å²) in [5, 5.41) is 0.916. The van der Waals surface area contributed by atoms with Crippen LogP contribution in [0.15, 0.2) is 54.6 Å². The molecule has 92 valence electrons. The number of hydrogen-bond donors (Lipinski definition) is 0. The van der Waals surface area contributed by atoms with Crippen LogP contribution in [-0.2, 0) is 5.33 Å². The summed E-state index contributed by atoms with van der Waals surface area (Å²) in [5.41, 5.74) is 4.23. The third kappa shape index (κ3) is 2.86. The average Bonchev–Trinajstić information content (AvgIpc) is 2.40. The Bertz CT molecular complexity index is 493. The first kappa shape index (κ1) is 13.4. The van der Waals surface area contributed by atoms with Gasteiger partial charge in [0.1, 0.15) is 0 Å². The molecule has 0 heterocycles. The van der Waals surface area contributed by atoms with Gasteiger partial charge in [-0.25, -0.2) is 0 Å². The molecule has 0 unspecified atom stereocenters. The predicted octanol–water partition coefficient (Wildman–Crippen LogP) is 3.60. The maximum absolute atomic E-state index is 3.60. The Labute approximate surface area is 119 Å². The number of hydrogen-bond acceptors (Lipinski definition) is 0. The minimum atomic E-state index is 0.472. The van der Waals surface area contributed by atoms with Crippen LogP contribution in [0, 0.1) is 0 Å². The van der Waals surface area contributed by atoms with E-state index in [9.17, 15) is 0 Å². The molecule has 0 aliphatic carbocycles. The predicted molar refractivity (Wildman–Crippen MR) is 85.6 cm³/mol. The highest BCUT2D eigenvalue weighted by Crippen LogP contribution is 2.12. The monoisotopic (exact) mass is 300 g/mol. The van der Waals surface area contributed by atoms with Gasteiger partial charge >= 0.3 is 0 Å². The Kier molecular flexibility index (Phi) is 4.65. The van der Waals surface area contributed by atoms with E-state index in [4.69, 9.17) is 0 Å². The quantitative estimate of drug-likeness (QED) is 0.598. The fourth-order valence-corrected chi connectivity index (χ4v) is 3.05. The van der Waals surface area contributed by atoms with Crippen molar-refractivity contribution in [2.45, 2.75) is 25.0 Å². The van der Waals surface area contributed by atoms with Crippen LogP contribution in [0.1, 0.15) is 19.4 Å². The van der Waals surface area contributed by atoms with Crippen LogP contribution in [0.4, 0.5) is 0 Å². The molecule has 0 spiro atoms. The van der Waals surface area contributed by atoms with Crippen LogP contribution >= 0.6 is 15.9 Å². The van der Waals surface area contributed by atoms with Crippen molar-refractivity contribution in [3.8, 4) is 0 Å². The van der Waals surface area contributed by atoms with Crippen molar-refractivity contribution in [1.82, 2.24) is 0 Å². The first-order valence-corrected chi connectivity index (χ1v) is 7.55. The first-order valence-electron chi connectivity index (χ1n) is 6.42. The number of alkyl halides is 1. The molecule has 0 saturated heterocycles. The van der Waals surface area contributed by atoms with Gasteiger partial charge in [0.05, 0.1) is 0 Å². The van der Waals surface area contributed by atoms with Gasteiger partial charge in [0, 0.05) is 5.33 Å². The summed E-state index contributed by atoms with van der Waals surface area (Å²) >= 11 is 3.60. The van der Waals surface area contributed by atoms with E-state index in [0.29, 0.717) is 12.5 Å². The number of halogens is 1. The molecule has 0 nitrogen and oxygen atoms in total. The molecule has 0 saturated carbocycles. The molecule has 0 aromatic heterocycles. The minimum absolute atomic E-state index is 0.472. The van der Waals surface area contributed by atoms with Crippen molar-refractivity contribution < 1.29 is 0 Å². The smallest absolute Gasteiger partial charge is 0.0877 e. The van der Waals surface area contributed by atoms with E-state index in [1.165, 1.54) is 16.5 Å². The van der Waals surface area contributed by atoms with Crippen LogP contribution in [0.25, 0.3) is 0 Å². The molecule has 0 bridgehead atoms. The Hall–Kier alpha value is -1.02. The van der Waals surface area contributed by atoms with E-state index < -0.39 is 0 Å². The lowest BCUT2D eigenvalue weighted by Gasteiger charge is -2.21. The van der Waals surface area contributed by atoms with Crippen molar-refractivity contribution in [3.63, 3.8) is 0 Å². The van der Waals surface area contributed by atoms with Gasteiger partial charge in [0.25, 0.3) is 0 Å². The zero-order valence-corrected chi connectivity index (χ0v) is 12.5. The number of benzene rings is 2. The average molecular weight is 301 g/mol. The third-order valence-corrected chi connectivity index (χ3v) is 3.96.